The van der Waals surface area contributed by atoms with E-state index in [1.807, 2.05) is 14.0 Å². The predicted molar refractivity (Wildman–Crippen MR) is 100.0 cm³/mol. The van der Waals surface area contributed by atoms with Gasteiger partial charge >= 0.3 is 0 Å². The van der Waals surface area contributed by atoms with E-state index in [4.69, 9.17) is 16.3 Å². The van der Waals surface area contributed by atoms with Crippen molar-refractivity contribution in [1.29, 1.82) is 0 Å². The normalized spacial score (nSPS) is 18.3. The molecule has 0 spiro atoms. The fraction of sp³-hybridized carbons (Fsp3) is 0.333. The average molecular weight is 381 g/mol. The molecule has 2 aromatic rings. The molecule has 134 valence electrons. The summed E-state index contributed by atoms with van der Waals surface area (Å²) in [6.07, 6.45) is 0.984. The Balaban J connectivity index is 1.78. The van der Waals surface area contributed by atoms with E-state index in [0.29, 0.717) is 16.5 Å². The molecule has 1 fully saturated rings. The van der Waals surface area contributed by atoms with Crippen molar-refractivity contribution in [2.24, 2.45) is 0 Å². The van der Waals surface area contributed by atoms with Gasteiger partial charge in [0, 0.05) is 19.2 Å². The number of nitrogens with zero attached hydrogens (tertiary/aromatic N) is 1. The Morgan fingerprint density at radius 1 is 1.20 bits per heavy atom. The lowest BCUT2D eigenvalue weighted by molar-refractivity contribution is 0.208. The zero-order chi connectivity index (χ0) is 18.0. The van der Waals surface area contributed by atoms with Gasteiger partial charge in [-0.05, 0) is 44.7 Å². The second-order valence-corrected chi connectivity index (χ2v) is 8.44. The Morgan fingerprint density at radius 2 is 1.92 bits per heavy atom. The van der Waals surface area contributed by atoms with E-state index in [1.165, 1.54) is 0 Å². The monoisotopic (exact) mass is 380 g/mol. The van der Waals surface area contributed by atoms with Gasteiger partial charge in [-0.15, -0.1) is 0 Å². The molecule has 2 aromatic carbocycles. The highest BCUT2D eigenvalue weighted by atomic mass is 35.5. The van der Waals surface area contributed by atoms with Crippen molar-refractivity contribution in [2.75, 3.05) is 24.9 Å². The van der Waals surface area contributed by atoms with Gasteiger partial charge in [0.1, 0.15) is 11.9 Å². The highest BCUT2D eigenvalue weighted by Gasteiger charge is 2.22. The first-order valence-corrected chi connectivity index (χ1v) is 9.94. The van der Waals surface area contributed by atoms with Crippen LogP contribution in [0.2, 0.25) is 5.02 Å². The van der Waals surface area contributed by atoms with Crippen LogP contribution >= 0.6 is 11.6 Å². The third-order valence-corrected chi connectivity index (χ3v) is 5.87. The standard InChI is InChI=1S/C18H21ClN2O3S/c1-13-3-6-16(7-4-13)25(22,23)20-14-5-8-17(19)18(11-14)24-15-9-10-21(2)12-15/h3-8,11,15,20H,9-10,12H2,1-2H3/t15-/m1/s1. The summed E-state index contributed by atoms with van der Waals surface area (Å²) in [6.45, 7) is 3.71. The van der Waals surface area contributed by atoms with E-state index < -0.39 is 10.0 Å². The minimum Gasteiger partial charge on any atom is -0.487 e. The molecule has 25 heavy (non-hydrogen) atoms. The van der Waals surface area contributed by atoms with Gasteiger partial charge in [-0.25, -0.2) is 8.42 Å². The molecule has 1 atom stereocenters. The number of sulfonamides is 1. The molecule has 3 rings (SSSR count). The summed E-state index contributed by atoms with van der Waals surface area (Å²) in [5, 5.41) is 0.466. The van der Waals surface area contributed by atoms with E-state index in [9.17, 15) is 8.42 Å². The topological polar surface area (TPSA) is 58.6 Å². The van der Waals surface area contributed by atoms with Crippen LogP contribution in [0.15, 0.2) is 47.4 Å². The van der Waals surface area contributed by atoms with Gasteiger partial charge in [0.2, 0.25) is 0 Å². The largest absolute Gasteiger partial charge is 0.487 e. The highest BCUT2D eigenvalue weighted by Crippen LogP contribution is 2.31. The number of aryl methyl sites for hydroxylation is 1. The SMILES string of the molecule is Cc1ccc(S(=O)(=O)Nc2ccc(Cl)c(O[C@@H]3CCN(C)C3)c2)cc1. The zero-order valence-corrected chi connectivity index (χ0v) is 15.8. The summed E-state index contributed by atoms with van der Waals surface area (Å²) < 4.78 is 33.5. The van der Waals surface area contributed by atoms with Crippen LogP contribution < -0.4 is 9.46 Å². The van der Waals surface area contributed by atoms with Crippen LogP contribution in [-0.4, -0.2) is 39.6 Å². The lowest BCUT2D eigenvalue weighted by atomic mass is 10.2. The lowest BCUT2D eigenvalue weighted by Gasteiger charge is -2.16. The Morgan fingerprint density at radius 3 is 2.56 bits per heavy atom. The first-order valence-electron chi connectivity index (χ1n) is 8.08. The number of likely N-dealkylation sites (tertiary alicyclic amines) is 1. The molecule has 1 aliphatic heterocycles. The van der Waals surface area contributed by atoms with E-state index >= 15 is 0 Å². The number of hydrogen-bond acceptors (Lipinski definition) is 4. The Kier molecular flexibility index (Phi) is 5.22. The molecular formula is C18H21ClN2O3S. The molecule has 0 bridgehead atoms. The van der Waals surface area contributed by atoms with Crippen LogP contribution in [0, 0.1) is 6.92 Å². The first kappa shape index (κ1) is 18.0. The Bertz CT molecular complexity index is 853. The third kappa shape index (κ3) is 4.45. The second kappa shape index (κ2) is 7.23. The number of hydrogen-bond donors (Lipinski definition) is 1. The molecule has 0 aromatic heterocycles. The molecule has 5 nitrogen and oxygen atoms in total. The van der Waals surface area contributed by atoms with Gasteiger partial charge in [-0.1, -0.05) is 29.3 Å². The molecule has 7 heteroatoms. The maximum absolute atomic E-state index is 12.5. The summed E-state index contributed by atoms with van der Waals surface area (Å²) in [6, 6.07) is 11.6. The third-order valence-electron chi connectivity index (χ3n) is 4.16. The molecular weight excluding hydrogens is 360 g/mol. The van der Waals surface area contributed by atoms with Crippen LogP contribution in [0.25, 0.3) is 0 Å². The molecule has 0 aliphatic carbocycles. The summed E-state index contributed by atoms with van der Waals surface area (Å²) in [5.41, 5.74) is 1.42. The summed E-state index contributed by atoms with van der Waals surface area (Å²) in [7, 11) is -1.61. The van der Waals surface area contributed by atoms with E-state index in [0.717, 1.165) is 25.1 Å². The number of rotatable bonds is 5. The number of nitrogens with one attached hydrogen (secondary N) is 1. The summed E-state index contributed by atoms with van der Waals surface area (Å²) in [4.78, 5) is 2.40. The Labute approximate surface area is 153 Å². The van der Waals surface area contributed by atoms with Crippen molar-refractivity contribution in [1.82, 2.24) is 4.90 Å². The van der Waals surface area contributed by atoms with E-state index in [2.05, 4.69) is 9.62 Å². The number of ether oxygens (including phenoxy) is 1. The van der Waals surface area contributed by atoms with Crippen molar-refractivity contribution in [3.8, 4) is 5.75 Å². The van der Waals surface area contributed by atoms with Crippen LogP contribution in [0.4, 0.5) is 5.69 Å². The zero-order valence-electron chi connectivity index (χ0n) is 14.2. The van der Waals surface area contributed by atoms with E-state index in [-0.39, 0.29) is 11.0 Å². The van der Waals surface area contributed by atoms with Crippen molar-refractivity contribution < 1.29 is 13.2 Å². The Hall–Kier alpha value is -1.76. The molecule has 1 aliphatic rings. The molecule has 0 radical (unpaired) electrons. The second-order valence-electron chi connectivity index (χ2n) is 6.35. The van der Waals surface area contributed by atoms with Gasteiger partial charge in [0.05, 0.1) is 15.6 Å². The number of anilines is 1. The molecule has 0 amide bonds. The van der Waals surface area contributed by atoms with Crippen LogP contribution in [0.1, 0.15) is 12.0 Å². The van der Waals surface area contributed by atoms with Crippen molar-refractivity contribution in [2.45, 2.75) is 24.3 Å². The molecule has 0 saturated carbocycles. The fourth-order valence-electron chi connectivity index (χ4n) is 2.76. The quantitative estimate of drug-likeness (QED) is 0.862. The van der Waals surface area contributed by atoms with Crippen LogP contribution in [0.5, 0.6) is 5.75 Å². The minimum absolute atomic E-state index is 0.0615. The van der Waals surface area contributed by atoms with Gasteiger partial charge in [-0.3, -0.25) is 4.72 Å². The fourth-order valence-corrected chi connectivity index (χ4v) is 3.97. The molecule has 1 saturated heterocycles. The maximum Gasteiger partial charge on any atom is 0.261 e. The van der Waals surface area contributed by atoms with Crippen LogP contribution in [0.3, 0.4) is 0 Å². The minimum atomic E-state index is -3.65. The average Bonchev–Trinajstić information content (AvgIpc) is 2.96. The maximum atomic E-state index is 12.5. The summed E-state index contributed by atoms with van der Waals surface area (Å²) in [5.74, 6) is 0.492. The molecule has 1 N–H and O–H groups in total. The van der Waals surface area contributed by atoms with Gasteiger partial charge in [0.25, 0.3) is 10.0 Å². The smallest absolute Gasteiger partial charge is 0.261 e. The lowest BCUT2D eigenvalue weighted by Crippen LogP contribution is -2.21. The van der Waals surface area contributed by atoms with Crippen molar-refractivity contribution >= 4 is 27.3 Å². The number of benzene rings is 2. The number of likely N-dealkylation sites (N-methyl/N-ethyl adjacent to an activating group) is 1. The van der Waals surface area contributed by atoms with Gasteiger partial charge in [0.15, 0.2) is 0 Å². The molecule has 0 unspecified atom stereocenters. The predicted octanol–water partition coefficient (Wildman–Crippen LogP) is 3.53. The van der Waals surface area contributed by atoms with Crippen LogP contribution in [-0.2, 0) is 10.0 Å². The van der Waals surface area contributed by atoms with Gasteiger partial charge in [-0.2, -0.15) is 0 Å². The molecule has 1 heterocycles. The highest BCUT2D eigenvalue weighted by molar-refractivity contribution is 7.92. The first-order chi connectivity index (χ1) is 11.8. The van der Waals surface area contributed by atoms with Crippen molar-refractivity contribution in [3.05, 3.63) is 53.1 Å². The number of halogens is 1. The van der Waals surface area contributed by atoms with Gasteiger partial charge < -0.3 is 9.64 Å². The van der Waals surface area contributed by atoms with E-state index in [1.54, 1.807) is 42.5 Å². The van der Waals surface area contributed by atoms with Crippen molar-refractivity contribution in [3.63, 3.8) is 0 Å². The summed E-state index contributed by atoms with van der Waals surface area (Å²) >= 11 is 6.20.